The first-order valence-electron chi connectivity index (χ1n) is 10.3. The van der Waals surface area contributed by atoms with E-state index in [0.29, 0.717) is 6.04 Å². The van der Waals surface area contributed by atoms with Gasteiger partial charge in [0.2, 0.25) is 0 Å². The van der Waals surface area contributed by atoms with E-state index in [1.165, 1.54) is 11.2 Å². The van der Waals surface area contributed by atoms with Crippen LogP contribution in [-0.4, -0.2) is 92.6 Å². The minimum atomic E-state index is -5.08. The Morgan fingerprint density at radius 2 is 1.61 bits per heavy atom. The van der Waals surface area contributed by atoms with Gasteiger partial charge >= 0.3 is 24.3 Å². The third kappa shape index (κ3) is 9.94. The van der Waals surface area contributed by atoms with Crippen molar-refractivity contribution >= 4 is 23.3 Å². The van der Waals surface area contributed by atoms with Crippen LogP contribution in [-0.2, 0) is 16.1 Å². The minimum Gasteiger partial charge on any atom is -0.486 e. The maximum Gasteiger partial charge on any atom is 0.490 e. The highest BCUT2D eigenvalue weighted by Gasteiger charge is 2.39. The molecule has 0 aliphatic carbocycles. The van der Waals surface area contributed by atoms with Crippen LogP contribution >= 0.6 is 11.3 Å². The molecule has 200 valence electrons. The number of hydrogen-bond acceptors (Lipinski definition) is 8. The van der Waals surface area contributed by atoms with Gasteiger partial charge in [0.15, 0.2) is 5.75 Å². The van der Waals surface area contributed by atoms with Crippen molar-refractivity contribution in [2.24, 2.45) is 0 Å². The lowest BCUT2D eigenvalue weighted by molar-refractivity contribution is -0.193. The molecule has 2 aliphatic heterocycles. The maximum absolute atomic E-state index is 10.6. The summed E-state index contributed by atoms with van der Waals surface area (Å²) in [5.74, 6) is -4.73. The average molecular weight is 544 g/mol. The van der Waals surface area contributed by atoms with Crippen molar-refractivity contribution in [3.63, 3.8) is 0 Å². The molecule has 2 aromatic rings. The Morgan fingerprint density at radius 3 is 2.11 bits per heavy atom. The number of fused-ring (bicyclic) bond motifs is 1. The molecule has 16 heteroatoms. The first-order chi connectivity index (χ1) is 16.8. The molecule has 0 unspecified atom stereocenters. The topological polar surface area (TPSA) is 116 Å². The average Bonchev–Trinajstić information content (AvgIpc) is 3.43. The molecule has 9 nitrogen and oxygen atoms in total. The first-order valence-corrected chi connectivity index (χ1v) is 11.1. The van der Waals surface area contributed by atoms with E-state index in [0.717, 1.165) is 44.9 Å². The van der Waals surface area contributed by atoms with Gasteiger partial charge in [0, 0.05) is 50.1 Å². The quantitative estimate of drug-likeness (QED) is 0.560. The molecule has 4 rings (SSSR count). The lowest BCUT2D eigenvalue weighted by Crippen LogP contribution is -2.49. The summed E-state index contributed by atoms with van der Waals surface area (Å²) in [5, 5.41) is 16.4. The molecule has 0 bridgehead atoms. The molecular weight excluding hydrogens is 522 g/mol. The molecule has 2 atom stereocenters. The number of hydrogen-bond donors (Lipinski definition) is 2. The van der Waals surface area contributed by atoms with Crippen molar-refractivity contribution in [1.29, 1.82) is 0 Å². The molecule has 0 amide bonds. The lowest BCUT2D eigenvalue weighted by atomic mass is 10.1. The summed E-state index contributed by atoms with van der Waals surface area (Å²) in [4.78, 5) is 32.4. The van der Waals surface area contributed by atoms with Crippen molar-refractivity contribution in [2.45, 2.75) is 37.5 Å². The van der Waals surface area contributed by atoms with Crippen LogP contribution in [0.25, 0.3) is 0 Å². The van der Waals surface area contributed by atoms with Crippen molar-refractivity contribution < 1.29 is 50.9 Å². The smallest absolute Gasteiger partial charge is 0.486 e. The van der Waals surface area contributed by atoms with E-state index in [-0.39, 0.29) is 6.10 Å². The molecule has 36 heavy (non-hydrogen) atoms. The van der Waals surface area contributed by atoms with E-state index >= 15 is 0 Å². The number of aliphatic carboxylic acids is 2. The van der Waals surface area contributed by atoms with Gasteiger partial charge in [-0.2, -0.15) is 26.3 Å². The van der Waals surface area contributed by atoms with E-state index in [2.05, 4.69) is 37.3 Å². The zero-order valence-corrected chi connectivity index (χ0v) is 19.3. The van der Waals surface area contributed by atoms with Crippen LogP contribution < -0.4 is 4.74 Å². The Hall–Kier alpha value is -2.98. The van der Waals surface area contributed by atoms with Gasteiger partial charge < -0.3 is 14.9 Å². The molecule has 4 heterocycles. The van der Waals surface area contributed by atoms with Crippen LogP contribution in [0.5, 0.6) is 5.75 Å². The molecule has 2 N–H and O–H groups in total. The standard InChI is InChI=1S/C16H20N4OS.2C2HF3O2/c1-2-16(22-5-1)11-19-3-4-20-10-14(6-13(20)9-19)21-15-7-17-12-18-8-15;2*3-2(4,5)1(6)7/h1-2,5,7-8,12-14H,3-4,6,9-11H2;2*(H,6,7)/t13-,14+;;/m1../s1. The zero-order chi connectivity index (χ0) is 26.9. The Balaban J connectivity index is 0.000000271. The van der Waals surface area contributed by atoms with Crippen LogP contribution in [0.3, 0.4) is 0 Å². The SMILES string of the molecule is O=C(O)C(F)(F)F.O=C(O)C(F)(F)F.c1csc(CN2CCN3C[C@@H](Oc4cncnc4)C[C@@H]3C2)c1. The summed E-state index contributed by atoms with van der Waals surface area (Å²) in [6, 6.07) is 4.98. The summed E-state index contributed by atoms with van der Waals surface area (Å²) in [6.45, 7) is 5.53. The van der Waals surface area contributed by atoms with Gasteiger partial charge in [0.05, 0.1) is 12.4 Å². The molecule has 0 saturated carbocycles. The number of halogens is 6. The number of piperazine rings is 1. The number of aromatic nitrogens is 2. The largest absolute Gasteiger partial charge is 0.490 e. The fourth-order valence-corrected chi connectivity index (χ4v) is 4.20. The van der Waals surface area contributed by atoms with E-state index < -0.39 is 24.3 Å². The van der Waals surface area contributed by atoms with Gasteiger partial charge in [-0.1, -0.05) is 6.07 Å². The molecule has 2 saturated heterocycles. The van der Waals surface area contributed by atoms with Crippen LogP contribution in [0, 0.1) is 0 Å². The molecule has 0 spiro atoms. The highest BCUT2D eigenvalue weighted by atomic mass is 32.1. The number of thiophene rings is 1. The summed E-state index contributed by atoms with van der Waals surface area (Å²) >= 11 is 1.85. The van der Waals surface area contributed by atoms with Gasteiger partial charge in [-0.3, -0.25) is 9.80 Å². The van der Waals surface area contributed by atoms with E-state index in [1.54, 1.807) is 12.4 Å². The van der Waals surface area contributed by atoms with Gasteiger partial charge in [-0.25, -0.2) is 19.6 Å². The van der Waals surface area contributed by atoms with Gasteiger partial charge in [-0.05, 0) is 11.4 Å². The second-order valence-electron chi connectivity index (χ2n) is 7.62. The second kappa shape index (κ2) is 12.8. The first kappa shape index (κ1) is 29.3. The second-order valence-corrected chi connectivity index (χ2v) is 8.65. The fourth-order valence-electron chi connectivity index (χ4n) is 3.45. The molecule has 2 aromatic heterocycles. The molecule has 2 fully saturated rings. The van der Waals surface area contributed by atoms with Crippen LogP contribution in [0.1, 0.15) is 11.3 Å². The normalized spacial score (nSPS) is 20.3. The number of ether oxygens (including phenoxy) is 1. The summed E-state index contributed by atoms with van der Waals surface area (Å²) in [7, 11) is 0. The van der Waals surface area contributed by atoms with E-state index in [4.69, 9.17) is 24.5 Å². The number of rotatable bonds is 4. The predicted octanol–water partition coefficient (Wildman–Crippen LogP) is 3.14. The molecule has 2 aliphatic rings. The maximum atomic E-state index is 10.6. The van der Waals surface area contributed by atoms with Gasteiger partial charge in [0.25, 0.3) is 0 Å². The van der Waals surface area contributed by atoms with Gasteiger partial charge in [0.1, 0.15) is 12.4 Å². The number of alkyl halides is 6. The highest BCUT2D eigenvalue weighted by Crippen LogP contribution is 2.26. The van der Waals surface area contributed by atoms with E-state index in [1.807, 2.05) is 11.3 Å². The number of carboxylic acids is 2. The zero-order valence-electron chi connectivity index (χ0n) is 18.4. The molecule has 0 radical (unpaired) electrons. The summed E-state index contributed by atoms with van der Waals surface area (Å²) in [6.07, 6.45) is -3.79. The Bertz CT molecular complexity index is 938. The highest BCUT2D eigenvalue weighted by molar-refractivity contribution is 7.09. The molecular formula is C20H22F6N4O5S. The fraction of sp³-hybridized carbons (Fsp3) is 0.500. The van der Waals surface area contributed by atoms with Crippen LogP contribution in [0.2, 0.25) is 0 Å². The summed E-state index contributed by atoms with van der Waals surface area (Å²) < 4.78 is 69.5. The van der Waals surface area contributed by atoms with Crippen LogP contribution in [0.15, 0.2) is 36.2 Å². The predicted molar refractivity (Wildman–Crippen MR) is 113 cm³/mol. The Labute approximate surface area is 204 Å². The number of nitrogens with zero attached hydrogens (tertiary/aromatic N) is 4. The third-order valence-corrected chi connectivity index (χ3v) is 5.81. The third-order valence-electron chi connectivity index (χ3n) is 4.95. The van der Waals surface area contributed by atoms with Crippen molar-refractivity contribution in [2.75, 3.05) is 26.2 Å². The monoisotopic (exact) mass is 544 g/mol. The van der Waals surface area contributed by atoms with Crippen molar-refractivity contribution in [3.05, 3.63) is 41.1 Å². The molecule has 0 aromatic carbocycles. The Morgan fingerprint density at radius 1 is 1.03 bits per heavy atom. The summed E-state index contributed by atoms with van der Waals surface area (Å²) in [5.41, 5.74) is 0. The van der Waals surface area contributed by atoms with Gasteiger partial charge in [-0.15, -0.1) is 11.3 Å². The minimum absolute atomic E-state index is 0.262. The number of carbonyl (C=O) groups is 2. The van der Waals surface area contributed by atoms with Crippen molar-refractivity contribution in [3.8, 4) is 5.75 Å². The number of carboxylic acid groups (broad SMARTS) is 2. The Kier molecular flexibility index (Phi) is 10.4. The van der Waals surface area contributed by atoms with E-state index in [9.17, 15) is 26.3 Å². The lowest BCUT2D eigenvalue weighted by Gasteiger charge is -2.36. The van der Waals surface area contributed by atoms with Crippen LogP contribution in [0.4, 0.5) is 26.3 Å². The van der Waals surface area contributed by atoms with Crippen molar-refractivity contribution in [1.82, 2.24) is 19.8 Å².